The van der Waals surface area contributed by atoms with E-state index in [2.05, 4.69) is 15.0 Å². The smallest absolute Gasteiger partial charge is 0.410 e. The second-order valence-corrected chi connectivity index (χ2v) is 8.41. The van der Waals surface area contributed by atoms with Crippen molar-refractivity contribution in [3.05, 3.63) is 22.7 Å². The Morgan fingerprint density at radius 2 is 2.04 bits per heavy atom. The van der Waals surface area contributed by atoms with Gasteiger partial charge in [0.2, 0.25) is 0 Å². The fourth-order valence-corrected chi connectivity index (χ4v) is 3.24. The van der Waals surface area contributed by atoms with E-state index in [1.165, 1.54) is 0 Å². The quantitative estimate of drug-likeness (QED) is 0.641. The number of H-pyrrole nitrogens is 1. The number of fused-ring (bicyclic) bond motifs is 1. The number of pyridine rings is 1. The molecule has 0 saturated heterocycles. The normalized spacial score (nSPS) is 19.6. The molecule has 2 aromatic heterocycles. The lowest BCUT2D eigenvalue weighted by Crippen LogP contribution is -2.48. The van der Waals surface area contributed by atoms with Crippen LogP contribution >= 0.6 is 0 Å². The van der Waals surface area contributed by atoms with Crippen molar-refractivity contribution in [3.63, 3.8) is 0 Å². The highest BCUT2D eigenvalue weighted by Gasteiger charge is 2.38. The van der Waals surface area contributed by atoms with E-state index in [1.807, 2.05) is 40.9 Å². The van der Waals surface area contributed by atoms with E-state index < -0.39 is 5.60 Å². The van der Waals surface area contributed by atoms with Crippen molar-refractivity contribution in [2.24, 2.45) is 4.99 Å². The van der Waals surface area contributed by atoms with Crippen LogP contribution in [0.15, 0.2) is 22.1 Å². The Kier molecular flexibility index (Phi) is 5.18. The fourth-order valence-electron chi connectivity index (χ4n) is 3.24. The zero-order valence-electron chi connectivity index (χ0n) is 17.3. The van der Waals surface area contributed by atoms with Crippen LogP contribution in [0.2, 0.25) is 0 Å². The average Bonchev–Trinajstić information content (AvgIpc) is 2.86. The molecule has 152 valence electrons. The van der Waals surface area contributed by atoms with Crippen LogP contribution < -0.4 is 5.69 Å². The number of imidazole rings is 1. The maximum Gasteiger partial charge on any atom is 0.410 e. The molecule has 2 heterocycles. The van der Waals surface area contributed by atoms with Gasteiger partial charge in [0.25, 0.3) is 0 Å². The number of amides is 1. The van der Waals surface area contributed by atoms with Gasteiger partial charge in [-0.15, -0.1) is 0 Å². The number of nitrogens with one attached hydrogen (secondary N) is 1. The fraction of sp³-hybridized carbons (Fsp3) is 0.579. The molecule has 1 saturated carbocycles. The van der Waals surface area contributed by atoms with Crippen LogP contribution in [0.3, 0.4) is 0 Å². The van der Waals surface area contributed by atoms with Crippen molar-refractivity contribution in [2.75, 3.05) is 21.1 Å². The van der Waals surface area contributed by atoms with Crippen LogP contribution in [0.4, 0.5) is 10.6 Å². The van der Waals surface area contributed by atoms with Crippen LogP contribution in [-0.4, -0.2) is 69.6 Å². The summed E-state index contributed by atoms with van der Waals surface area (Å²) >= 11 is 0. The lowest BCUT2D eigenvalue weighted by Gasteiger charge is -2.41. The van der Waals surface area contributed by atoms with Gasteiger partial charge >= 0.3 is 11.8 Å². The second-order valence-electron chi connectivity index (χ2n) is 8.41. The number of nitrogens with zero attached hydrogens (tertiary/aromatic N) is 5. The zero-order valence-corrected chi connectivity index (χ0v) is 17.3. The lowest BCUT2D eigenvalue weighted by atomic mass is 9.85. The van der Waals surface area contributed by atoms with E-state index in [0.29, 0.717) is 24.2 Å². The highest BCUT2D eigenvalue weighted by atomic mass is 16.6. The van der Waals surface area contributed by atoms with Crippen LogP contribution in [0.5, 0.6) is 0 Å². The SMILES string of the molecule is CN(C)C=Nc1nccc2c1[nH]c(=O)n2C1CC(N(C)C(=O)OC(C)(C)C)C1. The van der Waals surface area contributed by atoms with Crippen LogP contribution in [0.25, 0.3) is 11.0 Å². The average molecular weight is 388 g/mol. The van der Waals surface area contributed by atoms with Crippen molar-refractivity contribution in [3.8, 4) is 0 Å². The van der Waals surface area contributed by atoms with Gasteiger partial charge in [-0.2, -0.15) is 0 Å². The molecule has 1 aliphatic rings. The van der Waals surface area contributed by atoms with Crippen LogP contribution in [0.1, 0.15) is 39.7 Å². The Morgan fingerprint density at radius 3 is 2.64 bits per heavy atom. The molecular weight excluding hydrogens is 360 g/mol. The minimum absolute atomic E-state index is 0.0178. The number of aromatic nitrogens is 3. The van der Waals surface area contributed by atoms with Crippen molar-refractivity contribution < 1.29 is 9.53 Å². The summed E-state index contributed by atoms with van der Waals surface area (Å²) in [7, 11) is 5.48. The van der Waals surface area contributed by atoms with Gasteiger partial charge in [-0.05, 0) is 39.7 Å². The van der Waals surface area contributed by atoms with Gasteiger partial charge in [0.05, 0.1) is 11.9 Å². The molecule has 0 spiro atoms. The predicted molar refractivity (Wildman–Crippen MR) is 108 cm³/mol. The van der Waals surface area contributed by atoms with Gasteiger partial charge in [-0.1, -0.05) is 0 Å². The molecule has 28 heavy (non-hydrogen) atoms. The molecule has 0 radical (unpaired) electrons. The first kappa shape index (κ1) is 19.9. The number of carbonyl (C=O) groups is 1. The third-order valence-electron chi connectivity index (χ3n) is 4.71. The monoisotopic (exact) mass is 388 g/mol. The van der Waals surface area contributed by atoms with Gasteiger partial charge in [-0.3, -0.25) is 4.57 Å². The first-order valence-electron chi connectivity index (χ1n) is 9.32. The molecule has 9 nitrogen and oxygen atoms in total. The van der Waals surface area contributed by atoms with E-state index in [1.54, 1.807) is 33.9 Å². The minimum atomic E-state index is -0.529. The summed E-state index contributed by atoms with van der Waals surface area (Å²) in [6, 6.07) is 1.88. The number of hydrogen-bond acceptors (Lipinski definition) is 5. The number of hydrogen-bond donors (Lipinski definition) is 1. The number of ether oxygens (including phenoxy) is 1. The summed E-state index contributed by atoms with van der Waals surface area (Å²) in [6.45, 7) is 5.54. The topological polar surface area (TPSA) is 95.8 Å². The molecule has 9 heteroatoms. The van der Waals surface area contributed by atoms with Crippen molar-refractivity contribution in [1.82, 2.24) is 24.3 Å². The Hall–Kier alpha value is -2.84. The molecule has 3 rings (SSSR count). The molecule has 2 aromatic rings. The Morgan fingerprint density at radius 1 is 1.36 bits per heavy atom. The Balaban J connectivity index is 1.78. The number of aliphatic imine (C=N–C) groups is 1. The van der Waals surface area contributed by atoms with E-state index in [9.17, 15) is 9.59 Å². The highest BCUT2D eigenvalue weighted by Crippen LogP contribution is 2.37. The lowest BCUT2D eigenvalue weighted by molar-refractivity contribution is 0.00790. The molecule has 1 fully saturated rings. The summed E-state index contributed by atoms with van der Waals surface area (Å²) in [6.07, 6.45) is 4.35. The third-order valence-corrected chi connectivity index (χ3v) is 4.71. The molecular formula is C19H28N6O3. The molecule has 0 aromatic carbocycles. The van der Waals surface area contributed by atoms with Gasteiger partial charge in [0, 0.05) is 39.4 Å². The second kappa shape index (κ2) is 7.29. The highest BCUT2D eigenvalue weighted by molar-refractivity contribution is 5.86. The molecule has 0 aliphatic heterocycles. The van der Waals surface area contributed by atoms with Gasteiger partial charge in [0.1, 0.15) is 11.1 Å². The van der Waals surface area contributed by atoms with Gasteiger partial charge in [0.15, 0.2) is 5.82 Å². The number of rotatable bonds is 4. The van der Waals surface area contributed by atoms with E-state index in [4.69, 9.17) is 4.74 Å². The van der Waals surface area contributed by atoms with Crippen molar-refractivity contribution in [2.45, 2.75) is 51.3 Å². The summed E-state index contributed by atoms with van der Waals surface area (Å²) in [4.78, 5) is 39.7. The van der Waals surface area contributed by atoms with Crippen molar-refractivity contribution in [1.29, 1.82) is 0 Å². The van der Waals surface area contributed by atoms with E-state index >= 15 is 0 Å². The predicted octanol–water partition coefficient (Wildman–Crippen LogP) is 2.52. The number of aromatic amines is 1. The summed E-state index contributed by atoms with van der Waals surface area (Å²) in [5.41, 5.74) is 0.676. The molecule has 1 aliphatic carbocycles. The zero-order chi connectivity index (χ0) is 20.6. The Bertz CT molecular complexity index is 947. The maximum absolute atomic E-state index is 12.6. The van der Waals surface area contributed by atoms with E-state index in [-0.39, 0.29) is 23.9 Å². The molecule has 0 bridgehead atoms. The molecule has 0 atom stereocenters. The summed E-state index contributed by atoms with van der Waals surface area (Å²) in [5, 5.41) is 0. The third kappa shape index (κ3) is 4.02. The van der Waals surface area contributed by atoms with Crippen LogP contribution in [0, 0.1) is 0 Å². The molecule has 0 unspecified atom stereocenters. The summed E-state index contributed by atoms with van der Waals surface area (Å²) in [5.74, 6) is 0.476. The summed E-state index contributed by atoms with van der Waals surface area (Å²) < 4.78 is 7.16. The van der Waals surface area contributed by atoms with Gasteiger partial charge < -0.3 is 19.5 Å². The first-order valence-corrected chi connectivity index (χ1v) is 9.32. The molecule has 1 amide bonds. The molecule has 1 N–H and O–H groups in total. The van der Waals surface area contributed by atoms with Gasteiger partial charge in [-0.25, -0.2) is 19.6 Å². The number of carbonyl (C=O) groups excluding carboxylic acids is 1. The van der Waals surface area contributed by atoms with Crippen LogP contribution in [-0.2, 0) is 4.74 Å². The Labute approximate surface area is 164 Å². The van der Waals surface area contributed by atoms with Crippen molar-refractivity contribution >= 4 is 29.3 Å². The largest absolute Gasteiger partial charge is 0.444 e. The van der Waals surface area contributed by atoms with E-state index in [0.717, 1.165) is 5.52 Å². The first-order chi connectivity index (χ1) is 13.1. The standard InChI is InChI=1S/C19H28N6O3/c1-19(2,3)28-18(27)24(6)12-9-13(10-12)25-14-7-8-20-16(21-11-23(4)5)15(14)22-17(25)26/h7-8,11-13H,9-10H2,1-6H3,(H,22,26). The maximum atomic E-state index is 12.6. The minimum Gasteiger partial charge on any atom is -0.444 e.